The van der Waals surface area contributed by atoms with Gasteiger partial charge in [-0.2, -0.15) is 0 Å². The third kappa shape index (κ3) is 5.77. The van der Waals surface area contributed by atoms with E-state index in [0.29, 0.717) is 30.6 Å². The number of benzene rings is 1. The molecule has 2 rings (SSSR count). The van der Waals surface area contributed by atoms with Gasteiger partial charge in [-0.15, -0.1) is 0 Å². The lowest BCUT2D eigenvalue weighted by molar-refractivity contribution is 0.00578. The third-order valence-corrected chi connectivity index (χ3v) is 5.57. The molecule has 1 aliphatic heterocycles. The van der Waals surface area contributed by atoms with Crippen molar-refractivity contribution in [2.45, 2.75) is 84.6 Å². The molecule has 1 aliphatic rings. The van der Waals surface area contributed by atoms with Crippen molar-refractivity contribution in [3.63, 3.8) is 0 Å². The molecule has 7 heteroatoms. The molecule has 1 saturated heterocycles. The molecule has 1 aromatic carbocycles. The molecule has 0 atom stereocenters. The summed E-state index contributed by atoms with van der Waals surface area (Å²) < 4.78 is 23.7. The first-order chi connectivity index (χ1) is 13.7. The van der Waals surface area contributed by atoms with Crippen molar-refractivity contribution >= 4 is 13.1 Å². The van der Waals surface area contributed by atoms with E-state index in [-0.39, 0.29) is 24.3 Å². The van der Waals surface area contributed by atoms with E-state index in [0.717, 1.165) is 11.1 Å². The van der Waals surface area contributed by atoms with Gasteiger partial charge < -0.3 is 23.7 Å². The molecule has 0 N–H and O–H groups in total. The van der Waals surface area contributed by atoms with Gasteiger partial charge in [0, 0.05) is 6.54 Å². The van der Waals surface area contributed by atoms with E-state index < -0.39 is 5.60 Å². The molecule has 0 amide bonds. The molecular weight excluding hydrogens is 381 g/mol. The number of hydrogen-bond donors (Lipinski definition) is 0. The summed E-state index contributed by atoms with van der Waals surface area (Å²) in [6.45, 7) is 14.4. The van der Waals surface area contributed by atoms with Crippen LogP contribution in [0.2, 0.25) is 6.32 Å². The average Bonchev–Trinajstić information content (AvgIpc) is 2.77. The largest absolute Gasteiger partial charge is 0.496 e. The van der Waals surface area contributed by atoms with Crippen LogP contribution in [0.3, 0.4) is 0 Å². The number of esters is 1. The highest BCUT2D eigenvalue weighted by Crippen LogP contribution is 2.39. The fraction of sp³-hybridized carbons (Fsp3) is 0.696. The minimum atomic E-state index is -0.587. The molecule has 30 heavy (non-hydrogen) atoms. The molecule has 0 unspecified atom stereocenters. The highest BCUT2D eigenvalue weighted by molar-refractivity contribution is 6.45. The van der Waals surface area contributed by atoms with Crippen LogP contribution in [0.5, 0.6) is 5.75 Å². The van der Waals surface area contributed by atoms with E-state index in [1.165, 1.54) is 0 Å². The van der Waals surface area contributed by atoms with Crippen LogP contribution >= 0.6 is 0 Å². The van der Waals surface area contributed by atoms with Gasteiger partial charge in [-0.25, -0.2) is 4.79 Å². The Kier molecular flexibility index (Phi) is 7.32. The second kappa shape index (κ2) is 8.89. The second-order valence-corrected chi connectivity index (χ2v) is 10.3. The van der Waals surface area contributed by atoms with Gasteiger partial charge in [-0.05, 0) is 86.4 Å². The second-order valence-electron chi connectivity index (χ2n) is 10.3. The zero-order valence-corrected chi connectivity index (χ0v) is 20.3. The molecule has 1 heterocycles. The zero-order chi connectivity index (χ0) is 22.9. The van der Waals surface area contributed by atoms with Crippen LogP contribution in [0.4, 0.5) is 0 Å². The van der Waals surface area contributed by atoms with Crippen molar-refractivity contribution < 1.29 is 23.6 Å². The predicted molar refractivity (Wildman–Crippen MR) is 120 cm³/mol. The number of methoxy groups -OCH3 is 1. The van der Waals surface area contributed by atoms with Crippen molar-refractivity contribution in [2.24, 2.45) is 0 Å². The van der Waals surface area contributed by atoms with Crippen molar-refractivity contribution in [1.82, 2.24) is 4.90 Å². The maximum absolute atomic E-state index is 13.1. The molecule has 0 aliphatic carbocycles. The maximum Gasteiger partial charge on any atom is 0.458 e. The predicted octanol–water partition coefficient (Wildman–Crippen LogP) is 4.35. The number of nitrogens with zero attached hydrogens (tertiary/aromatic N) is 1. The van der Waals surface area contributed by atoms with Gasteiger partial charge in [0.1, 0.15) is 16.9 Å². The van der Waals surface area contributed by atoms with Crippen LogP contribution in [0.25, 0.3) is 0 Å². The zero-order valence-electron chi connectivity index (χ0n) is 20.3. The van der Waals surface area contributed by atoms with E-state index in [9.17, 15) is 4.79 Å². The van der Waals surface area contributed by atoms with E-state index in [2.05, 4.69) is 0 Å². The van der Waals surface area contributed by atoms with Crippen LogP contribution in [-0.4, -0.2) is 56.0 Å². The third-order valence-electron chi connectivity index (χ3n) is 5.57. The molecular formula is C23H38BNO5. The average molecular weight is 419 g/mol. The molecule has 1 fully saturated rings. The molecule has 168 valence electrons. The van der Waals surface area contributed by atoms with Gasteiger partial charge in [-0.3, -0.25) is 0 Å². The van der Waals surface area contributed by atoms with Crippen molar-refractivity contribution in [3.05, 3.63) is 28.8 Å². The monoisotopic (exact) mass is 419 g/mol. The Hall–Kier alpha value is -1.57. The summed E-state index contributed by atoms with van der Waals surface area (Å²) in [4.78, 5) is 15.1. The van der Waals surface area contributed by atoms with E-state index in [1.54, 1.807) is 7.11 Å². The number of hydrogen-bond acceptors (Lipinski definition) is 6. The molecule has 0 aromatic heterocycles. The van der Waals surface area contributed by atoms with Gasteiger partial charge in [0.15, 0.2) is 0 Å². The fourth-order valence-corrected chi connectivity index (χ4v) is 3.48. The topological polar surface area (TPSA) is 57.2 Å². The Morgan fingerprint density at radius 3 is 2.07 bits per heavy atom. The summed E-state index contributed by atoms with van der Waals surface area (Å²) >= 11 is 0. The van der Waals surface area contributed by atoms with E-state index in [4.69, 9.17) is 18.8 Å². The summed E-state index contributed by atoms with van der Waals surface area (Å²) in [6, 6.07) is 4.01. The standard InChI is InChI=1S/C23H38BNO5/c1-21(2,3)28-20(26)18-17(15-25(8)9)12-11-16(19(18)27-10)13-14-24-29-22(4,5)23(6,7)30-24/h11-12H,13-15H2,1-10H3. The number of rotatable bonds is 7. The van der Waals surface area contributed by atoms with Crippen LogP contribution in [0, 0.1) is 0 Å². The first-order valence-corrected chi connectivity index (χ1v) is 10.6. The number of ether oxygens (including phenoxy) is 2. The van der Waals surface area contributed by atoms with Crippen molar-refractivity contribution in [1.29, 1.82) is 0 Å². The molecule has 0 radical (unpaired) electrons. The fourth-order valence-electron chi connectivity index (χ4n) is 3.48. The van der Waals surface area contributed by atoms with Crippen LogP contribution < -0.4 is 4.74 Å². The Labute approximate surface area is 182 Å². The van der Waals surface area contributed by atoms with Gasteiger partial charge in [0.05, 0.1) is 18.3 Å². The number of aryl methyl sites for hydroxylation is 1. The summed E-state index contributed by atoms with van der Waals surface area (Å²) in [6.07, 6.45) is 1.34. The van der Waals surface area contributed by atoms with Gasteiger partial charge in [0.2, 0.25) is 0 Å². The highest BCUT2D eigenvalue weighted by Gasteiger charge is 2.50. The SMILES string of the molecule is COc1c(CCB2OC(C)(C)C(C)(C)O2)ccc(CN(C)C)c1C(=O)OC(C)(C)C. The summed E-state index contributed by atoms with van der Waals surface area (Å²) in [5, 5.41) is 0. The minimum absolute atomic E-state index is 0.300. The van der Waals surface area contributed by atoms with E-state index >= 15 is 0 Å². The minimum Gasteiger partial charge on any atom is -0.496 e. The van der Waals surface area contributed by atoms with Gasteiger partial charge in [0.25, 0.3) is 0 Å². The summed E-state index contributed by atoms with van der Waals surface area (Å²) in [5.41, 5.74) is 1.00. The first-order valence-electron chi connectivity index (χ1n) is 10.6. The molecule has 6 nitrogen and oxygen atoms in total. The van der Waals surface area contributed by atoms with Crippen molar-refractivity contribution in [3.8, 4) is 5.75 Å². The molecule has 0 spiro atoms. The molecule has 0 bridgehead atoms. The van der Waals surface area contributed by atoms with Crippen LogP contribution in [0.1, 0.15) is 70.0 Å². The Morgan fingerprint density at radius 2 is 1.60 bits per heavy atom. The van der Waals surface area contributed by atoms with Crippen molar-refractivity contribution in [2.75, 3.05) is 21.2 Å². The lowest BCUT2D eigenvalue weighted by Crippen LogP contribution is -2.41. The van der Waals surface area contributed by atoms with Gasteiger partial charge >= 0.3 is 13.1 Å². The number of carbonyl (C=O) groups excluding carboxylic acids is 1. The highest BCUT2D eigenvalue weighted by atomic mass is 16.7. The Balaban J connectivity index is 2.32. The summed E-state index contributed by atoms with van der Waals surface area (Å²) in [5.74, 6) is 0.203. The van der Waals surface area contributed by atoms with Crippen LogP contribution in [-0.2, 0) is 27.0 Å². The van der Waals surface area contributed by atoms with Crippen LogP contribution in [0.15, 0.2) is 12.1 Å². The quantitative estimate of drug-likeness (QED) is 0.484. The van der Waals surface area contributed by atoms with E-state index in [1.807, 2.05) is 79.6 Å². The maximum atomic E-state index is 13.1. The summed E-state index contributed by atoms with van der Waals surface area (Å²) in [7, 11) is 5.24. The Bertz CT molecular complexity index is 752. The number of carbonyl (C=O) groups is 1. The molecule has 1 aromatic rings. The first kappa shape index (κ1) is 24.7. The lowest BCUT2D eigenvalue weighted by Gasteiger charge is -2.32. The van der Waals surface area contributed by atoms with Gasteiger partial charge in [-0.1, -0.05) is 12.1 Å². The normalized spacial score (nSPS) is 18.0. The molecule has 0 saturated carbocycles. The Morgan fingerprint density at radius 1 is 1.07 bits per heavy atom. The smallest absolute Gasteiger partial charge is 0.458 e. The lowest BCUT2D eigenvalue weighted by atomic mass is 9.81.